The van der Waals surface area contributed by atoms with E-state index in [1.165, 1.54) is 12.1 Å². The van der Waals surface area contributed by atoms with Gasteiger partial charge in [0.15, 0.2) is 0 Å². The van der Waals surface area contributed by atoms with Crippen molar-refractivity contribution in [2.45, 2.75) is 0 Å². The Bertz CT molecular complexity index is 396. The molecule has 2 rings (SSSR count). The number of rotatable bonds is 3. The van der Waals surface area contributed by atoms with Crippen molar-refractivity contribution in [3.05, 3.63) is 35.6 Å². The van der Waals surface area contributed by atoms with E-state index >= 15 is 0 Å². The second kappa shape index (κ2) is 4.94. The van der Waals surface area contributed by atoms with Gasteiger partial charge in [0.25, 0.3) is 0 Å². The lowest BCUT2D eigenvalue weighted by Gasteiger charge is -2.36. The average Bonchev–Trinajstić information content (AvgIpc) is 2.30. The van der Waals surface area contributed by atoms with Gasteiger partial charge in [-0.1, -0.05) is 0 Å². The number of benzene rings is 1. The summed E-state index contributed by atoms with van der Waals surface area (Å²) in [4.78, 5) is 12.1. The number of ether oxygens (including phenoxy) is 1. The fourth-order valence-corrected chi connectivity index (χ4v) is 2.02. The largest absolute Gasteiger partial charge is 0.370 e. The molecule has 92 valence electrons. The van der Waals surface area contributed by atoms with Crippen molar-refractivity contribution in [2.75, 3.05) is 39.9 Å². The number of nitrogens with zero attached hydrogens (tertiary/aromatic N) is 1. The molecule has 0 amide bonds. The van der Waals surface area contributed by atoms with Gasteiger partial charge >= 0.3 is 0 Å². The third kappa shape index (κ3) is 3.11. The Labute approximate surface area is 100 Å². The zero-order valence-electron chi connectivity index (χ0n) is 9.99. The number of hydrogen-bond acceptors (Lipinski definition) is 2. The first-order valence-corrected chi connectivity index (χ1v) is 5.79. The zero-order valence-corrected chi connectivity index (χ0v) is 9.99. The zero-order chi connectivity index (χ0) is 12.3. The predicted octanol–water partition coefficient (Wildman–Crippen LogP) is 1.49. The van der Waals surface area contributed by atoms with Gasteiger partial charge in [-0.3, -0.25) is 4.79 Å². The minimum absolute atomic E-state index is 0.0643. The lowest BCUT2D eigenvalue weighted by molar-refractivity contribution is -0.908. The number of carbonyl (C=O) groups is 1. The van der Waals surface area contributed by atoms with E-state index in [-0.39, 0.29) is 11.6 Å². The van der Waals surface area contributed by atoms with E-state index in [1.807, 2.05) is 0 Å². The number of morpholine rings is 1. The number of hydrogen-bond donors (Lipinski definition) is 0. The highest BCUT2D eigenvalue weighted by atomic mass is 19.1. The Balaban J connectivity index is 2.03. The molecule has 17 heavy (non-hydrogen) atoms. The molecule has 1 heterocycles. The lowest BCUT2D eigenvalue weighted by atomic mass is 10.1. The van der Waals surface area contributed by atoms with Gasteiger partial charge in [0.05, 0.1) is 20.3 Å². The van der Waals surface area contributed by atoms with Crippen molar-refractivity contribution in [2.24, 2.45) is 0 Å². The summed E-state index contributed by atoms with van der Waals surface area (Å²) >= 11 is 0. The summed E-state index contributed by atoms with van der Waals surface area (Å²) in [5, 5.41) is 0. The Morgan fingerprint density at radius 2 is 1.88 bits per heavy atom. The number of ketones is 1. The van der Waals surface area contributed by atoms with Gasteiger partial charge in [-0.15, -0.1) is 0 Å². The standard InChI is InChI=1S/C13H17FNO2/c1-15(6-8-17-9-7-15)10-13(16)11-2-4-12(14)5-3-11/h2-5H,6-10H2,1H3/q+1. The molecule has 0 aromatic heterocycles. The van der Waals surface area contributed by atoms with Gasteiger partial charge in [-0.2, -0.15) is 0 Å². The van der Waals surface area contributed by atoms with Crippen LogP contribution in [0, 0.1) is 5.82 Å². The maximum atomic E-state index is 12.8. The van der Waals surface area contributed by atoms with Crippen LogP contribution in [0.4, 0.5) is 4.39 Å². The van der Waals surface area contributed by atoms with Crippen molar-refractivity contribution in [3.63, 3.8) is 0 Å². The van der Waals surface area contributed by atoms with Crippen LogP contribution in [0.15, 0.2) is 24.3 Å². The highest BCUT2D eigenvalue weighted by Crippen LogP contribution is 2.11. The molecule has 0 spiro atoms. The van der Waals surface area contributed by atoms with Gasteiger partial charge in [-0.05, 0) is 24.3 Å². The van der Waals surface area contributed by atoms with Crippen LogP contribution in [0.3, 0.4) is 0 Å². The molecule has 1 aliphatic heterocycles. The molecule has 1 saturated heterocycles. The second-order valence-corrected chi connectivity index (χ2v) is 4.77. The monoisotopic (exact) mass is 238 g/mol. The summed E-state index contributed by atoms with van der Waals surface area (Å²) in [6.07, 6.45) is 0. The fraction of sp³-hybridized carbons (Fsp3) is 0.462. The van der Waals surface area contributed by atoms with Gasteiger partial charge in [0.1, 0.15) is 25.5 Å². The summed E-state index contributed by atoms with van der Waals surface area (Å²) in [5.41, 5.74) is 0.581. The molecule has 3 nitrogen and oxygen atoms in total. The van der Waals surface area contributed by atoms with Crippen LogP contribution in [-0.4, -0.2) is 50.2 Å². The van der Waals surface area contributed by atoms with Gasteiger partial charge in [0, 0.05) is 5.56 Å². The fourth-order valence-electron chi connectivity index (χ4n) is 2.02. The van der Waals surface area contributed by atoms with E-state index in [0.717, 1.165) is 13.1 Å². The Morgan fingerprint density at radius 3 is 2.47 bits per heavy atom. The molecule has 4 heteroatoms. The number of halogens is 1. The first-order chi connectivity index (χ1) is 8.09. The molecule has 0 N–H and O–H groups in total. The van der Waals surface area contributed by atoms with E-state index < -0.39 is 0 Å². The SMILES string of the molecule is C[N+]1(CC(=O)c2ccc(F)cc2)CCOCC1. The molecule has 0 aliphatic carbocycles. The molecule has 0 saturated carbocycles. The molecule has 0 atom stereocenters. The molecule has 0 bridgehead atoms. The predicted molar refractivity (Wildman–Crippen MR) is 62.3 cm³/mol. The normalized spacial score (nSPS) is 18.9. The summed E-state index contributed by atoms with van der Waals surface area (Å²) in [7, 11) is 2.06. The molecule has 1 aromatic carbocycles. The first-order valence-electron chi connectivity index (χ1n) is 5.79. The van der Waals surface area contributed by atoms with Crippen LogP contribution in [-0.2, 0) is 4.74 Å². The van der Waals surface area contributed by atoms with E-state index in [0.29, 0.717) is 29.8 Å². The van der Waals surface area contributed by atoms with Crippen LogP contribution < -0.4 is 0 Å². The van der Waals surface area contributed by atoms with Crippen LogP contribution in [0.25, 0.3) is 0 Å². The highest BCUT2D eigenvalue weighted by molar-refractivity contribution is 5.96. The van der Waals surface area contributed by atoms with Crippen LogP contribution >= 0.6 is 0 Å². The summed E-state index contributed by atoms with van der Waals surface area (Å²) in [6.45, 7) is 3.56. The maximum Gasteiger partial charge on any atom is 0.216 e. The minimum atomic E-state index is -0.312. The van der Waals surface area contributed by atoms with Gasteiger partial charge in [0.2, 0.25) is 5.78 Å². The van der Waals surface area contributed by atoms with Gasteiger partial charge < -0.3 is 9.22 Å². The number of carbonyl (C=O) groups excluding carboxylic acids is 1. The molecular weight excluding hydrogens is 221 g/mol. The minimum Gasteiger partial charge on any atom is -0.370 e. The smallest absolute Gasteiger partial charge is 0.216 e. The summed E-state index contributed by atoms with van der Waals surface area (Å²) < 4.78 is 18.7. The summed E-state index contributed by atoms with van der Waals surface area (Å²) in [5.74, 6) is -0.247. The van der Waals surface area contributed by atoms with Gasteiger partial charge in [-0.25, -0.2) is 4.39 Å². The number of Topliss-reactive ketones (excluding diaryl/α,β-unsaturated/α-hetero) is 1. The van der Waals surface area contributed by atoms with Crippen molar-refractivity contribution in [1.29, 1.82) is 0 Å². The first kappa shape index (κ1) is 12.2. The van der Waals surface area contributed by atoms with E-state index in [4.69, 9.17) is 4.74 Å². The van der Waals surface area contributed by atoms with Crippen molar-refractivity contribution in [1.82, 2.24) is 0 Å². The molecule has 1 aromatic rings. The lowest BCUT2D eigenvalue weighted by Crippen LogP contribution is -2.54. The number of quaternary nitrogens is 1. The van der Waals surface area contributed by atoms with Crippen molar-refractivity contribution >= 4 is 5.78 Å². The quantitative estimate of drug-likeness (QED) is 0.589. The highest BCUT2D eigenvalue weighted by Gasteiger charge is 2.28. The van der Waals surface area contributed by atoms with E-state index in [1.54, 1.807) is 12.1 Å². The van der Waals surface area contributed by atoms with E-state index in [2.05, 4.69) is 7.05 Å². The molecule has 1 aliphatic rings. The maximum absolute atomic E-state index is 12.8. The van der Waals surface area contributed by atoms with E-state index in [9.17, 15) is 9.18 Å². The Hall–Kier alpha value is -1.26. The third-order valence-electron chi connectivity index (χ3n) is 3.24. The molecular formula is C13H17FNO2+. The summed E-state index contributed by atoms with van der Waals surface area (Å²) in [6, 6.07) is 5.74. The van der Waals surface area contributed by atoms with Crippen molar-refractivity contribution < 1.29 is 18.4 Å². The third-order valence-corrected chi connectivity index (χ3v) is 3.24. The molecule has 1 fully saturated rings. The second-order valence-electron chi connectivity index (χ2n) is 4.77. The Morgan fingerprint density at radius 1 is 1.29 bits per heavy atom. The molecule has 0 radical (unpaired) electrons. The van der Waals surface area contributed by atoms with Crippen LogP contribution in [0.2, 0.25) is 0 Å². The Kier molecular flexibility index (Phi) is 3.54. The topological polar surface area (TPSA) is 26.3 Å². The van der Waals surface area contributed by atoms with Crippen LogP contribution in [0.5, 0.6) is 0 Å². The van der Waals surface area contributed by atoms with Crippen LogP contribution in [0.1, 0.15) is 10.4 Å². The molecule has 0 unspecified atom stereocenters. The number of likely N-dealkylation sites (N-methyl/N-ethyl adjacent to an activating group) is 1. The van der Waals surface area contributed by atoms with Crippen molar-refractivity contribution in [3.8, 4) is 0 Å². The average molecular weight is 238 g/mol.